The third-order valence-corrected chi connectivity index (χ3v) is 4.40. The molecule has 0 spiro atoms. The van der Waals surface area contributed by atoms with Gasteiger partial charge in [-0.2, -0.15) is 0 Å². The highest BCUT2D eigenvalue weighted by atomic mass is 16.5. The molecule has 1 rings (SSSR count). The van der Waals surface area contributed by atoms with Gasteiger partial charge in [-0.1, -0.05) is 39.5 Å². The summed E-state index contributed by atoms with van der Waals surface area (Å²) in [7, 11) is 3.67. The van der Waals surface area contributed by atoms with Crippen molar-refractivity contribution in [3.8, 4) is 0 Å². The van der Waals surface area contributed by atoms with E-state index in [9.17, 15) is 0 Å². The molecule has 108 valence electrons. The number of ether oxygens (including phenoxy) is 2. The molecule has 0 bridgehead atoms. The molecule has 2 nitrogen and oxygen atoms in total. The van der Waals surface area contributed by atoms with Crippen LogP contribution in [0, 0.1) is 17.3 Å². The summed E-state index contributed by atoms with van der Waals surface area (Å²) in [6, 6.07) is 0. The fourth-order valence-corrected chi connectivity index (χ4v) is 3.84. The second-order valence-electron chi connectivity index (χ2n) is 6.51. The van der Waals surface area contributed by atoms with E-state index >= 15 is 0 Å². The molecule has 18 heavy (non-hydrogen) atoms. The van der Waals surface area contributed by atoms with E-state index in [1.54, 1.807) is 0 Å². The van der Waals surface area contributed by atoms with E-state index in [0.717, 1.165) is 19.1 Å². The summed E-state index contributed by atoms with van der Waals surface area (Å²) >= 11 is 0. The van der Waals surface area contributed by atoms with Crippen molar-refractivity contribution < 1.29 is 9.47 Å². The third kappa shape index (κ3) is 4.55. The van der Waals surface area contributed by atoms with Gasteiger partial charge in [-0.15, -0.1) is 0 Å². The van der Waals surface area contributed by atoms with Crippen LogP contribution in [0.1, 0.15) is 58.8 Å². The average molecular weight is 256 g/mol. The largest absolute Gasteiger partial charge is 0.384 e. The molecule has 0 aromatic rings. The maximum Gasteiger partial charge on any atom is 0.0543 e. The molecule has 0 atom stereocenters. The third-order valence-electron chi connectivity index (χ3n) is 4.40. The van der Waals surface area contributed by atoms with Crippen LogP contribution in [0.25, 0.3) is 0 Å². The van der Waals surface area contributed by atoms with Crippen molar-refractivity contribution in [1.82, 2.24) is 0 Å². The Hall–Kier alpha value is -0.0800. The highest BCUT2D eigenvalue weighted by Crippen LogP contribution is 2.42. The van der Waals surface area contributed by atoms with Crippen LogP contribution in [0.3, 0.4) is 0 Å². The molecule has 1 fully saturated rings. The van der Waals surface area contributed by atoms with E-state index in [-0.39, 0.29) is 5.41 Å². The van der Waals surface area contributed by atoms with Gasteiger partial charge in [0.05, 0.1) is 13.2 Å². The summed E-state index contributed by atoms with van der Waals surface area (Å²) in [5.74, 6) is 1.49. The van der Waals surface area contributed by atoms with Gasteiger partial charge in [0.25, 0.3) is 0 Å². The Labute approximate surface area is 113 Å². The zero-order valence-corrected chi connectivity index (χ0v) is 12.8. The van der Waals surface area contributed by atoms with Gasteiger partial charge in [0, 0.05) is 19.6 Å². The molecule has 0 unspecified atom stereocenters. The Bertz CT molecular complexity index is 199. The average Bonchev–Trinajstić information content (AvgIpc) is 2.57. The van der Waals surface area contributed by atoms with Crippen LogP contribution >= 0.6 is 0 Å². The fourth-order valence-electron chi connectivity index (χ4n) is 3.84. The van der Waals surface area contributed by atoms with Gasteiger partial charge >= 0.3 is 0 Å². The smallest absolute Gasteiger partial charge is 0.0543 e. The zero-order chi connectivity index (χ0) is 13.4. The van der Waals surface area contributed by atoms with Crippen LogP contribution in [-0.2, 0) is 9.47 Å². The minimum atomic E-state index is 0.238. The molecule has 0 amide bonds. The van der Waals surface area contributed by atoms with Crippen LogP contribution in [0.4, 0.5) is 0 Å². The molecule has 0 saturated heterocycles. The van der Waals surface area contributed by atoms with Gasteiger partial charge in [-0.05, 0) is 31.1 Å². The number of hydrogen-bond donors (Lipinski definition) is 0. The first-order valence-electron chi connectivity index (χ1n) is 7.62. The second kappa shape index (κ2) is 8.16. The fraction of sp³-hybridized carbons (Fsp3) is 1.00. The predicted octanol–water partition coefficient (Wildman–Crippen LogP) is 4.28. The summed E-state index contributed by atoms with van der Waals surface area (Å²) < 4.78 is 11.1. The SMILES string of the molecule is COCC(COC)(CC(C)C)C1CCCCCC1. The molecule has 0 aromatic heterocycles. The highest BCUT2D eigenvalue weighted by Gasteiger charge is 2.39. The van der Waals surface area contributed by atoms with Gasteiger partial charge in [0.15, 0.2) is 0 Å². The normalized spacial score (nSPS) is 19.2. The lowest BCUT2D eigenvalue weighted by molar-refractivity contribution is -0.0476. The minimum absolute atomic E-state index is 0.238. The monoisotopic (exact) mass is 256 g/mol. The van der Waals surface area contributed by atoms with Crippen molar-refractivity contribution in [3.05, 3.63) is 0 Å². The Morgan fingerprint density at radius 1 is 0.944 bits per heavy atom. The van der Waals surface area contributed by atoms with Gasteiger partial charge in [-0.3, -0.25) is 0 Å². The lowest BCUT2D eigenvalue weighted by atomic mass is 9.68. The van der Waals surface area contributed by atoms with Crippen LogP contribution in [0.2, 0.25) is 0 Å². The second-order valence-corrected chi connectivity index (χ2v) is 6.51. The van der Waals surface area contributed by atoms with E-state index in [2.05, 4.69) is 13.8 Å². The zero-order valence-electron chi connectivity index (χ0n) is 12.8. The molecular weight excluding hydrogens is 224 g/mol. The van der Waals surface area contributed by atoms with Crippen molar-refractivity contribution in [1.29, 1.82) is 0 Å². The van der Waals surface area contributed by atoms with Gasteiger partial charge in [0.1, 0.15) is 0 Å². The number of rotatable bonds is 7. The van der Waals surface area contributed by atoms with Crippen molar-refractivity contribution in [2.75, 3.05) is 27.4 Å². The molecule has 0 aliphatic heterocycles. The molecule has 0 radical (unpaired) electrons. The topological polar surface area (TPSA) is 18.5 Å². The Morgan fingerprint density at radius 3 is 1.83 bits per heavy atom. The molecule has 0 aromatic carbocycles. The van der Waals surface area contributed by atoms with E-state index in [1.807, 2.05) is 14.2 Å². The lowest BCUT2D eigenvalue weighted by Crippen LogP contribution is -2.40. The predicted molar refractivity (Wildman–Crippen MR) is 76.8 cm³/mol. The number of hydrogen-bond acceptors (Lipinski definition) is 2. The molecule has 0 N–H and O–H groups in total. The Balaban J connectivity index is 2.82. The van der Waals surface area contributed by atoms with Crippen molar-refractivity contribution >= 4 is 0 Å². The molecule has 1 aliphatic carbocycles. The van der Waals surface area contributed by atoms with Crippen molar-refractivity contribution in [3.63, 3.8) is 0 Å². The first-order chi connectivity index (χ1) is 8.64. The van der Waals surface area contributed by atoms with Crippen LogP contribution in [0.15, 0.2) is 0 Å². The van der Waals surface area contributed by atoms with Gasteiger partial charge < -0.3 is 9.47 Å². The van der Waals surface area contributed by atoms with Crippen LogP contribution < -0.4 is 0 Å². The van der Waals surface area contributed by atoms with Crippen LogP contribution in [-0.4, -0.2) is 27.4 Å². The molecular formula is C16H32O2. The lowest BCUT2D eigenvalue weighted by Gasteiger charge is -2.41. The molecule has 0 heterocycles. The molecule has 2 heteroatoms. The van der Waals surface area contributed by atoms with Crippen LogP contribution in [0.5, 0.6) is 0 Å². The van der Waals surface area contributed by atoms with E-state index in [4.69, 9.17) is 9.47 Å². The van der Waals surface area contributed by atoms with Gasteiger partial charge in [-0.25, -0.2) is 0 Å². The summed E-state index contributed by atoms with van der Waals surface area (Å²) in [4.78, 5) is 0. The minimum Gasteiger partial charge on any atom is -0.384 e. The molecule has 1 saturated carbocycles. The quantitative estimate of drug-likeness (QED) is 0.633. The maximum atomic E-state index is 5.57. The summed E-state index contributed by atoms with van der Waals surface area (Å²) in [6.07, 6.45) is 9.54. The Morgan fingerprint density at radius 2 is 1.44 bits per heavy atom. The van der Waals surface area contributed by atoms with E-state index in [0.29, 0.717) is 5.92 Å². The van der Waals surface area contributed by atoms with E-state index < -0.39 is 0 Å². The maximum absolute atomic E-state index is 5.57. The Kier molecular flexibility index (Phi) is 7.25. The molecule has 1 aliphatic rings. The summed E-state index contributed by atoms with van der Waals surface area (Å²) in [6.45, 7) is 6.33. The standard InChI is InChI=1S/C16H32O2/c1-14(2)11-16(12-17-3,13-18-4)15-9-7-5-6-8-10-15/h14-15H,5-13H2,1-4H3. The first-order valence-corrected chi connectivity index (χ1v) is 7.62. The first kappa shape index (κ1) is 16.0. The van der Waals surface area contributed by atoms with Crippen molar-refractivity contribution in [2.45, 2.75) is 58.8 Å². The van der Waals surface area contributed by atoms with Gasteiger partial charge in [0.2, 0.25) is 0 Å². The summed E-state index contributed by atoms with van der Waals surface area (Å²) in [5.41, 5.74) is 0.238. The highest BCUT2D eigenvalue weighted by molar-refractivity contribution is 4.88. The number of methoxy groups -OCH3 is 2. The summed E-state index contributed by atoms with van der Waals surface area (Å²) in [5, 5.41) is 0. The van der Waals surface area contributed by atoms with E-state index in [1.165, 1.54) is 44.9 Å². The van der Waals surface area contributed by atoms with Crippen molar-refractivity contribution in [2.24, 2.45) is 17.3 Å².